The molecule has 0 aliphatic rings. The van der Waals surface area contributed by atoms with Crippen molar-refractivity contribution in [3.05, 3.63) is 65.5 Å². The third kappa shape index (κ3) is 3.94. The van der Waals surface area contributed by atoms with Crippen molar-refractivity contribution in [3.63, 3.8) is 0 Å². The highest BCUT2D eigenvalue weighted by molar-refractivity contribution is 7.14. The first-order valence-corrected chi connectivity index (χ1v) is 7.87. The molecule has 3 aromatic rings. The highest BCUT2D eigenvalue weighted by atomic mass is 32.1. The Balaban J connectivity index is 1.72. The summed E-state index contributed by atoms with van der Waals surface area (Å²) in [4.78, 5) is 16.6. The molecule has 0 bridgehead atoms. The lowest BCUT2D eigenvalue weighted by Gasteiger charge is -2.06. The molecule has 0 atom stereocenters. The Hall–Kier alpha value is -2.80. The largest absolute Gasteiger partial charge is 0.435 e. The minimum Gasteiger partial charge on any atom is -0.435 e. The number of amides is 1. The number of hydrogen-bond acceptors (Lipinski definition) is 4. The van der Waals surface area contributed by atoms with Crippen LogP contribution < -0.4 is 10.1 Å². The van der Waals surface area contributed by atoms with Gasteiger partial charge in [0.05, 0.1) is 5.69 Å². The molecule has 0 fully saturated rings. The summed E-state index contributed by atoms with van der Waals surface area (Å²) in [5.74, 6) is -0.509. The van der Waals surface area contributed by atoms with E-state index in [0.29, 0.717) is 5.13 Å². The van der Waals surface area contributed by atoms with E-state index in [4.69, 9.17) is 0 Å². The lowest BCUT2D eigenvalue weighted by molar-refractivity contribution is -0.0498. The minimum atomic E-state index is -2.93. The van der Waals surface area contributed by atoms with Crippen LogP contribution in [0.4, 0.5) is 13.9 Å². The van der Waals surface area contributed by atoms with Gasteiger partial charge in [0, 0.05) is 16.5 Å². The highest BCUT2D eigenvalue weighted by Crippen LogP contribution is 2.25. The van der Waals surface area contributed by atoms with Crippen molar-refractivity contribution in [1.29, 1.82) is 0 Å². The monoisotopic (exact) mass is 346 g/mol. The van der Waals surface area contributed by atoms with E-state index in [2.05, 4.69) is 15.0 Å². The fraction of sp³-hybridized carbons (Fsp3) is 0.0588. The minimum absolute atomic E-state index is 0.0678. The van der Waals surface area contributed by atoms with E-state index in [1.807, 2.05) is 35.7 Å². The predicted octanol–water partition coefficient (Wildman–Crippen LogP) is 4.66. The number of anilines is 1. The Morgan fingerprint density at radius 3 is 2.67 bits per heavy atom. The first-order chi connectivity index (χ1) is 11.6. The molecule has 3 rings (SSSR count). The number of halogens is 2. The van der Waals surface area contributed by atoms with Gasteiger partial charge in [0.1, 0.15) is 5.75 Å². The number of hydrogen-bond donors (Lipinski definition) is 1. The van der Waals surface area contributed by atoms with Gasteiger partial charge in [-0.2, -0.15) is 8.78 Å². The number of ether oxygens (including phenoxy) is 1. The molecule has 0 aliphatic heterocycles. The van der Waals surface area contributed by atoms with Crippen molar-refractivity contribution in [2.24, 2.45) is 0 Å². The second-order valence-corrected chi connectivity index (χ2v) is 5.62. The van der Waals surface area contributed by atoms with Gasteiger partial charge in [-0.05, 0) is 18.2 Å². The van der Waals surface area contributed by atoms with Crippen molar-refractivity contribution in [1.82, 2.24) is 4.98 Å². The Kier molecular flexibility index (Phi) is 4.81. The molecule has 2 aromatic carbocycles. The predicted molar refractivity (Wildman–Crippen MR) is 88.6 cm³/mol. The molecule has 1 aromatic heterocycles. The lowest BCUT2D eigenvalue weighted by Crippen LogP contribution is -2.12. The van der Waals surface area contributed by atoms with Crippen LogP contribution in [0.1, 0.15) is 10.4 Å². The third-order valence-electron chi connectivity index (χ3n) is 3.12. The summed E-state index contributed by atoms with van der Waals surface area (Å²) >= 11 is 1.29. The summed E-state index contributed by atoms with van der Waals surface area (Å²) in [5.41, 5.74) is 1.91. The first kappa shape index (κ1) is 16.1. The average Bonchev–Trinajstić information content (AvgIpc) is 3.04. The molecular weight excluding hydrogens is 334 g/mol. The zero-order valence-corrected chi connectivity index (χ0v) is 13.1. The smallest absolute Gasteiger partial charge is 0.387 e. The standard InChI is InChI=1S/C17H12F2N2O2S/c18-16(19)23-13-8-4-7-12(9-13)15(22)21-17-20-14(10-24-17)11-5-2-1-3-6-11/h1-10,16H,(H,20,21,22). The van der Waals surface area contributed by atoms with Gasteiger partial charge in [0.25, 0.3) is 5.91 Å². The molecule has 0 saturated carbocycles. The Bertz CT molecular complexity index is 837. The van der Waals surface area contributed by atoms with Gasteiger partial charge < -0.3 is 4.74 Å². The fourth-order valence-corrected chi connectivity index (χ4v) is 2.77. The van der Waals surface area contributed by atoms with E-state index in [1.165, 1.54) is 35.6 Å². The van der Waals surface area contributed by atoms with Crippen LogP contribution in [0.15, 0.2) is 60.0 Å². The van der Waals surface area contributed by atoms with Crippen LogP contribution >= 0.6 is 11.3 Å². The summed E-state index contributed by atoms with van der Waals surface area (Å²) in [7, 11) is 0. The normalized spacial score (nSPS) is 10.6. The number of benzene rings is 2. The number of thiazole rings is 1. The second kappa shape index (κ2) is 7.18. The van der Waals surface area contributed by atoms with Crippen molar-refractivity contribution < 1.29 is 18.3 Å². The van der Waals surface area contributed by atoms with E-state index < -0.39 is 12.5 Å². The van der Waals surface area contributed by atoms with Crippen LogP contribution in [-0.2, 0) is 0 Å². The number of nitrogens with zero attached hydrogens (tertiary/aromatic N) is 1. The van der Waals surface area contributed by atoms with Crippen molar-refractivity contribution in [2.45, 2.75) is 6.61 Å². The Labute approximate surface area is 140 Å². The molecule has 7 heteroatoms. The lowest BCUT2D eigenvalue weighted by atomic mass is 10.2. The first-order valence-electron chi connectivity index (χ1n) is 6.99. The van der Waals surface area contributed by atoms with E-state index >= 15 is 0 Å². The number of aromatic nitrogens is 1. The highest BCUT2D eigenvalue weighted by Gasteiger charge is 2.12. The molecule has 0 spiro atoms. The molecule has 0 aliphatic carbocycles. The summed E-state index contributed by atoms with van der Waals surface area (Å²) < 4.78 is 28.8. The van der Waals surface area contributed by atoms with E-state index in [-0.39, 0.29) is 11.3 Å². The van der Waals surface area contributed by atoms with Crippen LogP contribution in [0.2, 0.25) is 0 Å². The number of alkyl halides is 2. The van der Waals surface area contributed by atoms with Crippen molar-refractivity contribution >= 4 is 22.4 Å². The maximum atomic E-state index is 12.2. The molecule has 4 nitrogen and oxygen atoms in total. The van der Waals surface area contributed by atoms with Crippen LogP contribution in [0.5, 0.6) is 5.75 Å². The van der Waals surface area contributed by atoms with Crippen LogP contribution in [0.3, 0.4) is 0 Å². The molecule has 24 heavy (non-hydrogen) atoms. The zero-order valence-electron chi connectivity index (χ0n) is 12.3. The number of carbonyl (C=O) groups is 1. The quantitative estimate of drug-likeness (QED) is 0.731. The topological polar surface area (TPSA) is 51.2 Å². The SMILES string of the molecule is O=C(Nc1nc(-c2ccccc2)cs1)c1cccc(OC(F)F)c1. The molecule has 0 radical (unpaired) electrons. The van der Waals surface area contributed by atoms with Gasteiger partial charge in [0.2, 0.25) is 0 Å². The fourth-order valence-electron chi connectivity index (χ4n) is 2.06. The molecule has 1 amide bonds. The summed E-state index contributed by atoms with van der Waals surface area (Å²) in [6.07, 6.45) is 0. The van der Waals surface area contributed by atoms with Crippen LogP contribution in [-0.4, -0.2) is 17.5 Å². The summed E-state index contributed by atoms with van der Waals surface area (Å²) in [6.45, 7) is -2.93. The maximum Gasteiger partial charge on any atom is 0.387 e. The Morgan fingerprint density at radius 1 is 1.12 bits per heavy atom. The van der Waals surface area contributed by atoms with E-state index in [0.717, 1.165) is 11.3 Å². The number of carbonyl (C=O) groups excluding carboxylic acids is 1. The molecule has 0 unspecified atom stereocenters. The van der Waals surface area contributed by atoms with Gasteiger partial charge >= 0.3 is 6.61 Å². The van der Waals surface area contributed by atoms with Crippen LogP contribution in [0, 0.1) is 0 Å². The number of nitrogens with one attached hydrogen (secondary N) is 1. The maximum absolute atomic E-state index is 12.2. The van der Waals surface area contributed by atoms with Gasteiger partial charge in [-0.25, -0.2) is 4.98 Å². The third-order valence-corrected chi connectivity index (χ3v) is 3.87. The van der Waals surface area contributed by atoms with Gasteiger partial charge in [-0.15, -0.1) is 11.3 Å². The van der Waals surface area contributed by atoms with Gasteiger partial charge in [0.15, 0.2) is 5.13 Å². The van der Waals surface area contributed by atoms with Crippen molar-refractivity contribution in [3.8, 4) is 17.0 Å². The molecule has 122 valence electrons. The second-order valence-electron chi connectivity index (χ2n) is 4.76. The molecule has 1 N–H and O–H groups in total. The summed E-state index contributed by atoms with van der Waals surface area (Å²) in [6, 6.07) is 15.2. The number of rotatable bonds is 5. The van der Waals surface area contributed by atoms with E-state index in [9.17, 15) is 13.6 Å². The van der Waals surface area contributed by atoms with Gasteiger partial charge in [-0.3, -0.25) is 10.1 Å². The molecular formula is C17H12F2N2O2S. The van der Waals surface area contributed by atoms with E-state index in [1.54, 1.807) is 0 Å². The summed E-state index contributed by atoms with van der Waals surface area (Å²) in [5, 5.41) is 4.92. The molecule has 0 saturated heterocycles. The van der Waals surface area contributed by atoms with Crippen molar-refractivity contribution in [2.75, 3.05) is 5.32 Å². The zero-order chi connectivity index (χ0) is 16.9. The Morgan fingerprint density at radius 2 is 1.92 bits per heavy atom. The van der Waals surface area contributed by atoms with Crippen LogP contribution in [0.25, 0.3) is 11.3 Å². The average molecular weight is 346 g/mol. The van der Waals surface area contributed by atoms with Gasteiger partial charge in [-0.1, -0.05) is 36.4 Å². The molecule has 1 heterocycles.